The number of hydrogen-bond donors (Lipinski definition) is 0. The predicted octanol–water partition coefficient (Wildman–Crippen LogP) is 2.55. The Morgan fingerprint density at radius 3 is 2.42 bits per heavy atom. The molecule has 0 saturated carbocycles. The van der Waals surface area contributed by atoms with E-state index < -0.39 is 12.2 Å². The summed E-state index contributed by atoms with van der Waals surface area (Å²) in [4.78, 5) is 1.33. The van der Waals surface area contributed by atoms with E-state index in [2.05, 4.69) is 6.58 Å². The molecule has 0 spiro atoms. The first-order valence-electron chi connectivity index (χ1n) is 3.92. The van der Waals surface area contributed by atoms with Crippen LogP contribution in [0.5, 0.6) is 0 Å². The van der Waals surface area contributed by atoms with Crippen molar-refractivity contribution >= 4 is 0 Å². The molecule has 0 aromatic heterocycles. The number of rotatable bonds is 1. The van der Waals surface area contributed by atoms with E-state index in [1.807, 2.05) is 0 Å². The number of hydrogen-bond acceptors (Lipinski definition) is 1. The molecule has 0 bridgehead atoms. The molecule has 4 heteroatoms. The van der Waals surface area contributed by atoms with E-state index >= 15 is 0 Å². The van der Waals surface area contributed by atoms with Crippen LogP contribution in [0.3, 0.4) is 0 Å². The lowest BCUT2D eigenvalue weighted by Crippen LogP contribution is -2.39. The largest absolute Gasteiger partial charge is 0.408 e. The van der Waals surface area contributed by atoms with Crippen LogP contribution < -0.4 is 0 Å². The third kappa shape index (κ3) is 1.73. The third-order valence-electron chi connectivity index (χ3n) is 2.12. The minimum Gasteiger partial charge on any atom is -0.364 e. The van der Waals surface area contributed by atoms with Crippen molar-refractivity contribution in [2.45, 2.75) is 32.0 Å². The summed E-state index contributed by atoms with van der Waals surface area (Å²) in [6.07, 6.45) is -3.29. The number of nitrogens with zero attached hydrogens (tertiary/aromatic N) is 1. The maximum Gasteiger partial charge on any atom is 0.408 e. The number of alkyl halides is 3. The standard InChI is InChI=1S/C8H12F3N/c1-6(2)12-5-3-4-7(12)8(9,10)11/h7H,1,3-5H2,2H3. The molecule has 0 aromatic carbocycles. The Kier molecular flexibility index (Phi) is 2.35. The van der Waals surface area contributed by atoms with Gasteiger partial charge in [-0.05, 0) is 19.8 Å². The van der Waals surface area contributed by atoms with Gasteiger partial charge in [0.25, 0.3) is 0 Å². The van der Waals surface area contributed by atoms with Gasteiger partial charge in [0.2, 0.25) is 0 Å². The summed E-state index contributed by atoms with van der Waals surface area (Å²) in [6.45, 7) is 5.63. The second-order valence-electron chi connectivity index (χ2n) is 3.13. The molecule has 1 heterocycles. The van der Waals surface area contributed by atoms with Crippen LogP contribution in [0.2, 0.25) is 0 Å². The Balaban J connectivity index is 2.71. The molecular formula is C8H12F3N. The highest BCUT2D eigenvalue weighted by Gasteiger charge is 2.45. The first-order chi connectivity index (χ1) is 5.43. The lowest BCUT2D eigenvalue weighted by Gasteiger charge is -2.28. The van der Waals surface area contributed by atoms with Gasteiger partial charge in [-0.3, -0.25) is 0 Å². The van der Waals surface area contributed by atoms with Crippen LogP contribution in [-0.4, -0.2) is 23.7 Å². The van der Waals surface area contributed by atoms with Crippen molar-refractivity contribution < 1.29 is 13.2 Å². The number of allylic oxidation sites excluding steroid dienone is 1. The summed E-state index contributed by atoms with van der Waals surface area (Å²) in [5.41, 5.74) is 0.509. The summed E-state index contributed by atoms with van der Waals surface area (Å²) in [7, 11) is 0. The molecule has 1 aliphatic heterocycles. The highest BCUT2D eigenvalue weighted by molar-refractivity contribution is 4.98. The molecule has 1 rings (SSSR count). The second-order valence-corrected chi connectivity index (χ2v) is 3.13. The van der Waals surface area contributed by atoms with Crippen molar-refractivity contribution in [2.24, 2.45) is 0 Å². The molecule has 0 aromatic rings. The summed E-state index contributed by atoms with van der Waals surface area (Å²) in [5, 5.41) is 0. The van der Waals surface area contributed by atoms with Crippen molar-refractivity contribution in [1.82, 2.24) is 4.90 Å². The molecule has 12 heavy (non-hydrogen) atoms. The van der Waals surface area contributed by atoms with Crippen molar-refractivity contribution in [3.8, 4) is 0 Å². The zero-order chi connectivity index (χ0) is 9.35. The molecular weight excluding hydrogens is 167 g/mol. The van der Waals surface area contributed by atoms with Gasteiger partial charge in [0.05, 0.1) is 0 Å². The SMILES string of the molecule is C=C(C)N1CCCC1C(F)(F)F. The third-order valence-corrected chi connectivity index (χ3v) is 2.12. The minimum atomic E-state index is -4.10. The first-order valence-corrected chi connectivity index (χ1v) is 3.92. The molecule has 1 nitrogen and oxygen atoms in total. The fraction of sp³-hybridized carbons (Fsp3) is 0.750. The van der Waals surface area contributed by atoms with E-state index in [9.17, 15) is 13.2 Å². The topological polar surface area (TPSA) is 3.24 Å². The van der Waals surface area contributed by atoms with Gasteiger partial charge in [0.1, 0.15) is 6.04 Å². The van der Waals surface area contributed by atoms with Gasteiger partial charge in [-0.15, -0.1) is 0 Å². The lowest BCUT2D eigenvalue weighted by atomic mass is 10.2. The first kappa shape index (κ1) is 9.42. The maximum atomic E-state index is 12.3. The molecule has 0 aliphatic carbocycles. The minimum absolute atomic E-state index is 0.205. The highest BCUT2D eigenvalue weighted by atomic mass is 19.4. The van der Waals surface area contributed by atoms with Crippen LogP contribution >= 0.6 is 0 Å². The van der Waals surface area contributed by atoms with Crippen LogP contribution in [0.15, 0.2) is 12.3 Å². The lowest BCUT2D eigenvalue weighted by molar-refractivity contribution is -0.171. The van der Waals surface area contributed by atoms with Gasteiger partial charge in [0, 0.05) is 12.2 Å². The second kappa shape index (κ2) is 2.99. The Labute approximate surface area is 69.9 Å². The van der Waals surface area contributed by atoms with Crippen molar-refractivity contribution in [2.75, 3.05) is 6.54 Å². The van der Waals surface area contributed by atoms with Gasteiger partial charge < -0.3 is 4.90 Å². The molecule has 0 amide bonds. The molecule has 1 saturated heterocycles. The average Bonchev–Trinajstić information content (AvgIpc) is 2.30. The van der Waals surface area contributed by atoms with Gasteiger partial charge in [-0.1, -0.05) is 6.58 Å². The Bertz CT molecular complexity index is 185. The van der Waals surface area contributed by atoms with Crippen molar-refractivity contribution in [3.63, 3.8) is 0 Å². The molecule has 1 fully saturated rings. The van der Waals surface area contributed by atoms with Gasteiger partial charge in [-0.2, -0.15) is 13.2 Å². The van der Waals surface area contributed by atoms with Crippen LogP contribution in [0.1, 0.15) is 19.8 Å². The zero-order valence-electron chi connectivity index (χ0n) is 6.99. The molecule has 70 valence electrons. The van der Waals surface area contributed by atoms with Crippen LogP contribution in [0.4, 0.5) is 13.2 Å². The quantitative estimate of drug-likeness (QED) is 0.598. The fourth-order valence-electron chi connectivity index (χ4n) is 1.56. The highest BCUT2D eigenvalue weighted by Crippen LogP contribution is 2.34. The fourth-order valence-corrected chi connectivity index (χ4v) is 1.56. The van der Waals surface area contributed by atoms with E-state index in [1.165, 1.54) is 4.90 Å². The molecule has 0 N–H and O–H groups in total. The Morgan fingerprint density at radius 2 is 2.08 bits per heavy atom. The van der Waals surface area contributed by atoms with Crippen LogP contribution in [-0.2, 0) is 0 Å². The van der Waals surface area contributed by atoms with E-state index in [0.717, 1.165) is 0 Å². The molecule has 1 aliphatic rings. The maximum absolute atomic E-state index is 12.3. The average molecular weight is 179 g/mol. The normalized spacial score (nSPS) is 24.7. The zero-order valence-corrected chi connectivity index (χ0v) is 6.99. The predicted molar refractivity (Wildman–Crippen MR) is 40.6 cm³/mol. The summed E-state index contributed by atoms with van der Waals surface area (Å²) < 4.78 is 36.9. The summed E-state index contributed by atoms with van der Waals surface area (Å²) >= 11 is 0. The van der Waals surface area contributed by atoms with Crippen LogP contribution in [0.25, 0.3) is 0 Å². The van der Waals surface area contributed by atoms with Gasteiger partial charge in [0.15, 0.2) is 0 Å². The van der Waals surface area contributed by atoms with Gasteiger partial charge in [-0.25, -0.2) is 0 Å². The van der Waals surface area contributed by atoms with Gasteiger partial charge >= 0.3 is 6.18 Å². The summed E-state index contributed by atoms with van der Waals surface area (Å²) in [5.74, 6) is 0. The molecule has 1 unspecified atom stereocenters. The van der Waals surface area contributed by atoms with Crippen LogP contribution in [0, 0.1) is 0 Å². The Morgan fingerprint density at radius 1 is 1.50 bits per heavy atom. The van der Waals surface area contributed by atoms with Crippen molar-refractivity contribution in [1.29, 1.82) is 0 Å². The molecule has 1 atom stereocenters. The number of likely N-dealkylation sites (tertiary alicyclic amines) is 1. The van der Waals surface area contributed by atoms with Crippen molar-refractivity contribution in [3.05, 3.63) is 12.3 Å². The van der Waals surface area contributed by atoms with E-state index in [1.54, 1.807) is 6.92 Å². The Hall–Kier alpha value is -0.670. The number of halogens is 3. The monoisotopic (exact) mass is 179 g/mol. The van der Waals surface area contributed by atoms with E-state index in [-0.39, 0.29) is 6.42 Å². The van der Waals surface area contributed by atoms with E-state index in [4.69, 9.17) is 0 Å². The molecule has 0 radical (unpaired) electrons. The summed E-state index contributed by atoms with van der Waals surface area (Å²) in [6, 6.07) is -1.30. The smallest absolute Gasteiger partial charge is 0.364 e. The van der Waals surface area contributed by atoms with E-state index in [0.29, 0.717) is 18.7 Å².